The highest BCUT2D eigenvalue weighted by molar-refractivity contribution is 5.93. The maximum Gasteiger partial charge on any atom is 0.257 e. The van der Waals surface area contributed by atoms with Crippen molar-refractivity contribution in [2.75, 3.05) is 6.54 Å². The first-order chi connectivity index (χ1) is 7.18. The zero-order valence-corrected chi connectivity index (χ0v) is 9.23. The van der Waals surface area contributed by atoms with Crippen LogP contribution in [0, 0.1) is 5.92 Å². The summed E-state index contributed by atoms with van der Waals surface area (Å²) in [4.78, 5) is 14.0. The van der Waals surface area contributed by atoms with Crippen LogP contribution in [0.4, 0.5) is 0 Å². The molecule has 2 rings (SSSR count). The van der Waals surface area contributed by atoms with Gasteiger partial charge in [0.05, 0.1) is 11.8 Å². The molecular weight excluding hydrogens is 190 g/mol. The minimum Gasteiger partial charge on any atom is -0.336 e. The number of nitrogens with one attached hydrogen (secondary N) is 1. The molecule has 2 heterocycles. The summed E-state index contributed by atoms with van der Waals surface area (Å²) in [5, 5.41) is 6.48. The van der Waals surface area contributed by atoms with Gasteiger partial charge in [-0.1, -0.05) is 6.92 Å². The lowest BCUT2D eigenvalue weighted by molar-refractivity contribution is 0.0588. The van der Waals surface area contributed by atoms with E-state index in [1.165, 1.54) is 0 Å². The summed E-state index contributed by atoms with van der Waals surface area (Å²) in [5.74, 6) is 0.830. The number of likely N-dealkylation sites (tertiary alicyclic amines) is 1. The van der Waals surface area contributed by atoms with Crippen LogP contribution in [0.25, 0.3) is 0 Å². The molecule has 1 aliphatic heterocycles. The number of nitrogens with zero attached hydrogens (tertiary/aromatic N) is 2. The molecule has 0 bridgehead atoms. The van der Waals surface area contributed by atoms with Gasteiger partial charge in [-0.3, -0.25) is 9.89 Å². The maximum atomic E-state index is 12.0. The van der Waals surface area contributed by atoms with Crippen LogP contribution in [0.5, 0.6) is 0 Å². The predicted molar refractivity (Wildman–Crippen MR) is 57.5 cm³/mol. The monoisotopic (exact) mass is 207 g/mol. The van der Waals surface area contributed by atoms with Gasteiger partial charge in [0.2, 0.25) is 0 Å². The van der Waals surface area contributed by atoms with Gasteiger partial charge in [0.25, 0.3) is 5.91 Å². The van der Waals surface area contributed by atoms with Crippen LogP contribution in [0.15, 0.2) is 12.4 Å². The van der Waals surface area contributed by atoms with Crippen molar-refractivity contribution < 1.29 is 4.79 Å². The fraction of sp³-hybridized carbons (Fsp3) is 0.636. The molecule has 2 atom stereocenters. The molecule has 0 saturated carbocycles. The number of rotatable bonds is 1. The average molecular weight is 207 g/mol. The van der Waals surface area contributed by atoms with E-state index in [9.17, 15) is 4.79 Å². The molecule has 0 aliphatic carbocycles. The molecule has 0 spiro atoms. The summed E-state index contributed by atoms with van der Waals surface area (Å²) in [5.41, 5.74) is 0.663. The summed E-state index contributed by atoms with van der Waals surface area (Å²) in [7, 11) is 0. The number of carbonyl (C=O) groups excluding carboxylic acids is 1. The summed E-state index contributed by atoms with van der Waals surface area (Å²) < 4.78 is 0. The van der Waals surface area contributed by atoms with E-state index in [-0.39, 0.29) is 5.91 Å². The molecule has 1 aromatic rings. The lowest BCUT2D eigenvalue weighted by Crippen LogP contribution is -2.44. The van der Waals surface area contributed by atoms with Crippen LogP contribution in [0.3, 0.4) is 0 Å². The number of amides is 1. The Morgan fingerprint density at radius 2 is 2.40 bits per heavy atom. The third-order valence-corrected chi connectivity index (χ3v) is 3.14. The predicted octanol–water partition coefficient (Wildman–Crippen LogP) is 1.67. The summed E-state index contributed by atoms with van der Waals surface area (Å²) in [6.07, 6.45) is 5.46. The highest BCUT2D eigenvalue weighted by Gasteiger charge is 2.27. The van der Waals surface area contributed by atoms with E-state index in [0.717, 1.165) is 25.3 Å². The Kier molecular flexibility index (Phi) is 2.75. The van der Waals surface area contributed by atoms with Gasteiger partial charge in [-0.05, 0) is 25.7 Å². The van der Waals surface area contributed by atoms with Gasteiger partial charge in [0.15, 0.2) is 0 Å². The summed E-state index contributed by atoms with van der Waals surface area (Å²) in [6.45, 7) is 5.23. The van der Waals surface area contributed by atoms with E-state index in [0.29, 0.717) is 11.6 Å². The SMILES string of the molecule is CC1CCN(C(=O)c2cn[nH]c2)C(C)C1. The van der Waals surface area contributed by atoms with Crippen LogP contribution >= 0.6 is 0 Å². The number of aromatic nitrogens is 2. The molecule has 1 fully saturated rings. The molecule has 15 heavy (non-hydrogen) atoms. The highest BCUT2D eigenvalue weighted by atomic mass is 16.2. The van der Waals surface area contributed by atoms with Gasteiger partial charge in [0, 0.05) is 18.8 Å². The largest absolute Gasteiger partial charge is 0.336 e. The fourth-order valence-corrected chi connectivity index (χ4v) is 2.24. The minimum absolute atomic E-state index is 0.100. The number of piperidine rings is 1. The lowest BCUT2D eigenvalue weighted by atomic mass is 9.93. The number of H-pyrrole nitrogens is 1. The van der Waals surface area contributed by atoms with Gasteiger partial charge in [-0.15, -0.1) is 0 Å². The number of hydrogen-bond acceptors (Lipinski definition) is 2. The fourth-order valence-electron chi connectivity index (χ4n) is 2.24. The van der Waals surface area contributed by atoms with Crippen molar-refractivity contribution in [2.45, 2.75) is 32.7 Å². The van der Waals surface area contributed by atoms with E-state index >= 15 is 0 Å². The molecule has 4 nitrogen and oxygen atoms in total. The van der Waals surface area contributed by atoms with Crippen molar-refractivity contribution in [2.24, 2.45) is 5.92 Å². The van der Waals surface area contributed by atoms with Gasteiger partial charge in [0.1, 0.15) is 0 Å². The van der Waals surface area contributed by atoms with Gasteiger partial charge in [-0.25, -0.2) is 0 Å². The summed E-state index contributed by atoms with van der Waals surface area (Å²) in [6, 6.07) is 0.344. The van der Waals surface area contributed by atoms with Crippen molar-refractivity contribution >= 4 is 5.91 Å². The standard InChI is InChI=1S/C11H17N3O/c1-8-3-4-14(9(2)5-8)11(15)10-6-12-13-7-10/h6-9H,3-5H2,1-2H3,(H,12,13). The van der Waals surface area contributed by atoms with Crippen LogP contribution in [-0.4, -0.2) is 33.6 Å². The molecule has 1 N–H and O–H groups in total. The van der Waals surface area contributed by atoms with Gasteiger partial charge < -0.3 is 4.90 Å². The zero-order chi connectivity index (χ0) is 10.8. The highest BCUT2D eigenvalue weighted by Crippen LogP contribution is 2.23. The molecule has 1 aliphatic rings. The quantitative estimate of drug-likeness (QED) is 0.761. The molecule has 2 unspecified atom stereocenters. The topological polar surface area (TPSA) is 49.0 Å². The Balaban J connectivity index is 2.08. The Morgan fingerprint density at radius 1 is 1.60 bits per heavy atom. The average Bonchev–Trinajstić information content (AvgIpc) is 2.69. The third kappa shape index (κ3) is 2.03. The molecule has 0 radical (unpaired) electrons. The normalized spacial score (nSPS) is 26.7. The molecule has 1 aromatic heterocycles. The van der Waals surface area contributed by atoms with E-state index in [4.69, 9.17) is 0 Å². The van der Waals surface area contributed by atoms with E-state index < -0.39 is 0 Å². The first-order valence-electron chi connectivity index (χ1n) is 5.48. The van der Waals surface area contributed by atoms with Crippen LogP contribution in [-0.2, 0) is 0 Å². The Bertz CT molecular complexity index is 334. The van der Waals surface area contributed by atoms with Crippen molar-refractivity contribution in [1.82, 2.24) is 15.1 Å². The molecule has 82 valence electrons. The van der Waals surface area contributed by atoms with Gasteiger partial charge >= 0.3 is 0 Å². The van der Waals surface area contributed by atoms with Crippen molar-refractivity contribution in [3.8, 4) is 0 Å². The molecule has 1 amide bonds. The molecular formula is C11H17N3O. The van der Waals surface area contributed by atoms with Crippen molar-refractivity contribution in [3.05, 3.63) is 18.0 Å². The first kappa shape index (κ1) is 10.2. The number of hydrogen-bond donors (Lipinski definition) is 1. The minimum atomic E-state index is 0.100. The molecule has 0 aromatic carbocycles. The maximum absolute atomic E-state index is 12.0. The Labute approximate surface area is 89.7 Å². The third-order valence-electron chi connectivity index (χ3n) is 3.14. The zero-order valence-electron chi connectivity index (χ0n) is 9.23. The summed E-state index contributed by atoms with van der Waals surface area (Å²) >= 11 is 0. The van der Waals surface area contributed by atoms with Crippen LogP contribution < -0.4 is 0 Å². The second kappa shape index (κ2) is 4.04. The van der Waals surface area contributed by atoms with Crippen molar-refractivity contribution in [3.63, 3.8) is 0 Å². The van der Waals surface area contributed by atoms with Crippen LogP contribution in [0.2, 0.25) is 0 Å². The second-order valence-corrected chi connectivity index (χ2v) is 4.46. The lowest BCUT2D eigenvalue weighted by Gasteiger charge is -2.36. The van der Waals surface area contributed by atoms with E-state index in [1.54, 1.807) is 12.4 Å². The Hall–Kier alpha value is -1.32. The van der Waals surface area contributed by atoms with Gasteiger partial charge in [-0.2, -0.15) is 5.10 Å². The molecule has 1 saturated heterocycles. The second-order valence-electron chi connectivity index (χ2n) is 4.46. The van der Waals surface area contributed by atoms with E-state index in [1.807, 2.05) is 4.90 Å². The molecule has 4 heteroatoms. The first-order valence-corrected chi connectivity index (χ1v) is 5.48. The number of carbonyl (C=O) groups is 1. The van der Waals surface area contributed by atoms with E-state index in [2.05, 4.69) is 24.0 Å². The number of aromatic amines is 1. The van der Waals surface area contributed by atoms with Crippen LogP contribution in [0.1, 0.15) is 37.0 Å². The Morgan fingerprint density at radius 3 is 3.00 bits per heavy atom. The smallest absolute Gasteiger partial charge is 0.257 e. The van der Waals surface area contributed by atoms with Crippen molar-refractivity contribution in [1.29, 1.82) is 0 Å².